The van der Waals surface area contributed by atoms with Crippen molar-refractivity contribution >= 4 is 17.8 Å². The topological polar surface area (TPSA) is 78.5 Å². The summed E-state index contributed by atoms with van der Waals surface area (Å²) in [4.78, 5) is 38.5. The summed E-state index contributed by atoms with van der Waals surface area (Å²) < 4.78 is 0. The number of benzene rings is 1. The van der Waals surface area contributed by atoms with Crippen LogP contribution >= 0.6 is 0 Å². The summed E-state index contributed by atoms with van der Waals surface area (Å²) in [5.41, 5.74) is -0.128. The molecule has 4 rings (SSSR count). The van der Waals surface area contributed by atoms with Crippen LogP contribution in [0.15, 0.2) is 30.3 Å². The van der Waals surface area contributed by atoms with Gasteiger partial charge < -0.3 is 10.6 Å². The van der Waals surface area contributed by atoms with Gasteiger partial charge in [-0.05, 0) is 50.5 Å². The highest BCUT2D eigenvalue weighted by molar-refractivity contribution is 6.09. The molecular weight excluding hydrogens is 318 g/mol. The molecule has 2 saturated carbocycles. The number of carbonyl (C=O) groups excluding carboxylic acids is 3. The Morgan fingerprint density at radius 2 is 1.92 bits per heavy atom. The number of nitrogens with one attached hydrogen (secondary N) is 2. The first kappa shape index (κ1) is 16.1. The van der Waals surface area contributed by atoms with Gasteiger partial charge in [-0.25, -0.2) is 4.79 Å². The van der Waals surface area contributed by atoms with Crippen LogP contribution in [0.3, 0.4) is 0 Å². The van der Waals surface area contributed by atoms with E-state index in [4.69, 9.17) is 0 Å². The number of rotatable bonds is 5. The molecule has 25 heavy (non-hydrogen) atoms. The highest BCUT2D eigenvalue weighted by Crippen LogP contribution is 2.43. The van der Waals surface area contributed by atoms with E-state index in [9.17, 15) is 14.4 Å². The van der Waals surface area contributed by atoms with Crippen LogP contribution in [-0.4, -0.2) is 34.8 Å². The summed E-state index contributed by atoms with van der Waals surface area (Å²) in [5.74, 6) is -0.371. The Hall–Kier alpha value is -2.37. The molecule has 1 aromatic rings. The first-order valence-corrected chi connectivity index (χ1v) is 8.95. The average Bonchev–Trinajstić information content (AvgIpc) is 3.38. The standard InChI is InChI=1S/C19H23N3O3/c1-18(13-8-9-13)16(24)22(17(25)21-18)12-15(23)20-19(10-5-11-19)14-6-3-2-4-7-14/h2-4,6-7,13H,5,8-12H2,1H3,(H,20,23)(H,21,25). The molecule has 6 nitrogen and oxygen atoms in total. The lowest BCUT2D eigenvalue weighted by Gasteiger charge is -2.43. The van der Waals surface area contributed by atoms with Crippen LogP contribution in [-0.2, 0) is 15.1 Å². The molecule has 0 aromatic heterocycles. The van der Waals surface area contributed by atoms with Crippen molar-refractivity contribution in [3.05, 3.63) is 35.9 Å². The number of imide groups is 1. The second-order valence-corrected chi connectivity index (χ2v) is 7.65. The van der Waals surface area contributed by atoms with Crippen LogP contribution in [0.5, 0.6) is 0 Å². The first-order valence-electron chi connectivity index (χ1n) is 8.95. The molecular formula is C19H23N3O3. The minimum Gasteiger partial charge on any atom is -0.345 e. The zero-order chi connectivity index (χ0) is 17.7. The van der Waals surface area contributed by atoms with Gasteiger partial charge in [-0.1, -0.05) is 30.3 Å². The summed E-state index contributed by atoms with van der Waals surface area (Å²) in [6.45, 7) is 1.54. The molecule has 3 fully saturated rings. The number of nitrogens with zero attached hydrogens (tertiary/aromatic N) is 1. The Balaban J connectivity index is 1.45. The van der Waals surface area contributed by atoms with Gasteiger partial charge in [-0.2, -0.15) is 0 Å². The number of hydrogen-bond acceptors (Lipinski definition) is 3. The summed E-state index contributed by atoms with van der Waals surface area (Å²) in [7, 11) is 0. The molecule has 1 unspecified atom stereocenters. The number of hydrogen-bond donors (Lipinski definition) is 2. The lowest BCUT2D eigenvalue weighted by molar-refractivity contribution is -0.136. The summed E-state index contributed by atoms with van der Waals surface area (Å²) >= 11 is 0. The van der Waals surface area contributed by atoms with Gasteiger partial charge in [0.15, 0.2) is 0 Å². The van der Waals surface area contributed by atoms with Gasteiger partial charge in [0, 0.05) is 0 Å². The van der Waals surface area contributed by atoms with Crippen molar-refractivity contribution in [3.8, 4) is 0 Å². The minimum atomic E-state index is -0.842. The fourth-order valence-corrected chi connectivity index (χ4v) is 4.02. The SMILES string of the molecule is CC1(C2CC2)NC(=O)N(CC(=O)NC2(c3ccccc3)CCC2)C1=O. The highest BCUT2D eigenvalue weighted by Gasteiger charge is 2.56. The van der Waals surface area contributed by atoms with Gasteiger partial charge in [0.2, 0.25) is 5.91 Å². The van der Waals surface area contributed by atoms with E-state index in [0.717, 1.165) is 42.6 Å². The summed E-state index contributed by atoms with van der Waals surface area (Å²) in [5, 5.41) is 5.85. The molecule has 3 aliphatic rings. The van der Waals surface area contributed by atoms with E-state index in [1.807, 2.05) is 30.3 Å². The van der Waals surface area contributed by atoms with Crippen molar-refractivity contribution in [2.75, 3.05) is 6.54 Å². The number of urea groups is 1. The number of amides is 4. The average molecular weight is 341 g/mol. The largest absolute Gasteiger partial charge is 0.345 e. The third kappa shape index (κ3) is 2.60. The van der Waals surface area contributed by atoms with Crippen LogP contribution in [0.1, 0.15) is 44.6 Å². The smallest absolute Gasteiger partial charge is 0.325 e. The molecule has 4 amide bonds. The van der Waals surface area contributed by atoms with E-state index < -0.39 is 11.6 Å². The normalized spacial score (nSPS) is 27.6. The van der Waals surface area contributed by atoms with Gasteiger partial charge in [0.05, 0.1) is 5.54 Å². The van der Waals surface area contributed by atoms with Gasteiger partial charge >= 0.3 is 6.03 Å². The molecule has 1 aliphatic heterocycles. The molecule has 1 heterocycles. The first-order chi connectivity index (χ1) is 11.9. The van der Waals surface area contributed by atoms with Crippen LogP contribution in [0.25, 0.3) is 0 Å². The zero-order valence-electron chi connectivity index (χ0n) is 14.4. The van der Waals surface area contributed by atoms with E-state index in [-0.39, 0.29) is 29.8 Å². The fraction of sp³-hybridized carbons (Fsp3) is 0.526. The second kappa shape index (κ2) is 5.58. The lowest BCUT2D eigenvalue weighted by atomic mass is 9.72. The molecule has 6 heteroatoms. The van der Waals surface area contributed by atoms with Crippen molar-refractivity contribution in [2.45, 2.75) is 50.1 Å². The monoisotopic (exact) mass is 341 g/mol. The molecule has 1 atom stereocenters. The lowest BCUT2D eigenvalue weighted by Crippen LogP contribution is -2.54. The van der Waals surface area contributed by atoms with Crippen LogP contribution in [0, 0.1) is 5.92 Å². The summed E-state index contributed by atoms with van der Waals surface area (Å²) in [6.07, 6.45) is 4.70. The van der Waals surface area contributed by atoms with Gasteiger partial charge in [0.25, 0.3) is 5.91 Å². The molecule has 1 aromatic carbocycles. The van der Waals surface area contributed by atoms with E-state index in [0.29, 0.717) is 0 Å². The zero-order valence-corrected chi connectivity index (χ0v) is 14.4. The van der Waals surface area contributed by atoms with E-state index in [1.165, 1.54) is 0 Å². The van der Waals surface area contributed by atoms with Crippen molar-refractivity contribution in [1.82, 2.24) is 15.5 Å². The molecule has 0 bridgehead atoms. The van der Waals surface area contributed by atoms with Crippen LogP contribution in [0.2, 0.25) is 0 Å². The Labute approximate surface area is 147 Å². The molecule has 2 aliphatic carbocycles. The van der Waals surface area contributed by atoms with Gasteiger partial charge in [-0.15, -0.1) is 0 Å². The fourth-order valence-electron chi connectivity index (χ4n) is 4.02. The number of carbonyl (C=O) groups is 3. The van der Waals surface area contributed by atoms with Crippen molar-refractivity contribution in [3.63, 3.8) is 0 Å². The highest BCUT2D eigenvalue weighted by atomic mass is 16.2. The molecule has 132 valence electrons. The second-order valence-electron chi connectivity index (χ2n) is 7.65. The minimum absolute atomic E-state index is 0.194. The Bertz CT molecular complexity index is 725. The van der Waals surface area contributed by atoms with E-state index in [2.05, 4.69) is 10.6 Å². The molecule has 0 spiro atoms. The van der Waals surface area contributed by atoms with Gasteiger partial charge in [-0.3, -0.25) is 14.5 Å². The quantitative estimate of drug-likeness (QED) is 0.803. The Kier molecular flexibility index (Phi) is 3.60. The predicted octanol–water partition coefficient (Wildman–Crippen LogP) is 1.90. The molecule has 2 N–H and O–H groups in total. The van der Waals surface area contributed by atoms with Crippen molar-refractivity contribution in [1.29, 1.82) is 0 Å². The maximum atomic E-state index is 12.6. The summed E-state index contributed by atoms with van der Waals surface area (Å²) in [6, 6.07) is 9.43. The third-order valence-corrected chi connectivity index (χ3v) is 5.91. The van der Waals surface area contributed by atoms with E-state index in [1.54, 1.807) is 6.92 Å². The van der Waals surface area contributed by atoms with E-state index >= 15 is 0 Å². The van der Waals surface area contributed by atoms with Crippen molar-refractivity contribution < 1.29 is 14.4 Å². The third-order valence-electron chi connectivity index (χ3n) is 5.91. The van der Waals surface area contributed by atoms with Crippen LogP contribution < -0.4 is 10.6 Å². The maximum Gasteiger partial charge on any atom is 0.325 e. The molecule has 0 radical (unpaired) electrons. The Morgan fingerprint density at radius 1 is 1.24 bits per heavy atom. The predicted molar refractivity (Wildman–Crippen MR) is 91.5 cm³/mol. The van der Waals surface area contributed by atoms with Gasteiger partial charge in [0.1, 0.15) is 12.1 Å². The van der Waals surface area contributed by atoms with Crippen molar-refractivity contribution in [2.24, 2.45) is 5.92 Å². The maximum absolute atomic E-state index is 12.6. The van der Waals surface area contributed by atoms with Crippen LogP contribution in [0.4, 0.5) is 4.79 Å². The Morgan fingerprint density at radius 3 is 2.48 bits per heavy atom. The molecule has 1 saturated heterocycles.